The molecule has 1 heterocycles. The first kappa shape index (κ1) is 19.6. The topological polar surface area (TPSA) is 78.5 Å². The van der Waals surface area contributed by atoms with Gasteiger partial charge in [-0.05, 0) is 37.9 Å². The van der Waals surface area contributed by atoms with Gasteiger partial charge >= 0.3 is 0 Å². The van der Waals surface area contributed by atoms with Crippen molar-refractivity contribution in [1.82, 2.24) is 9.47 Å². The molecule has 0 aliphatic heterocycles. The largest absolute Gasteiger partial charge is 0.497 e. The number of pyridine rings is 1. The third-order valence-electron chi connectivity index (χ3n) is 4.98. The summed E-state index contributed by atoms with van der Waals surface area (Å²) in [6.07, 6.45) is 0. The Hall–Kier alpha value is -3.14. The highest BCUT2D eigenvalue weighted by Gasteiger charge is 2.21. The Kier molecular flexibility index (Phi) is 5.78. The van der Waals surface area contributed by atoms with Crippen molar-refractivity contribution in [2.75, 3.05) is 27.8 Å². The standard InChI is InChI=1S/C22H23N3O3/c1-24(2)16(14-26)13-25-20(12-23)21(15-7-5-4-6-8-15)19-11-17(28-3)9-10-18(19)22(25)27/h4-11,16,26H,13-14H2,1-3H3. The second-order valence-electron chi connectivity index (χ2n) is 6.83. The van der Waals surface area contributed by atoms with E-state index in [9.17, 15) is 15.2 Å². The van der Waals surface area contributed by atoms with Crippen LogP contribution in [0.25, 0.3) is 21.9 Å². The van der Waals surface area contributed by atoms with E-state index in [1.165, 1.54) is 4.57 Å². The summed E-state index contributed by atoms with van der Waals surface area (Å²) < 4.78 is 6.81. The minimum Gasteiger partial charge on any atom is -0.497 e. The van der Waals surface area contributed by atoms with Gasteiger partial charge in [0.2, 0.25) is 0 Å². The lowest BCUT2D eigenvalue weighted by Gasteiger charge is -2.25. The number of hydrogen-bond donors (Lipinski definition) is 1. The van der Waals surface area contributed by atoms with Crippen molar-refractivity contribution >= 4 is 10.8 Å². The van der Waals surface area contributed by atoms with E-state index in [2.05, 4.69) is 6.07 Å². The lowest BCUT2D eigenvalue weighted by atomic mass is 9.96. The summed E-state index contributed by atoms with van der Waals surface area (Å²) in [6.45, 7) is 0.0959. The first-order chi connectivity index (χ1) is 13.5. The van der Waals surface area contributed by atoms with Crippen molar-refractivity contribution in [2.45, 2.75) is 12.6 Å². The van der Waals surface area contributed by atoms with Gasteiger partial charge in [0.05, 0.1) is 19.8 Å². The lowest BCUT2D eigenvalue weighted by Crippen LogP contribution is -2.39. The van der Waals surface area contributed by atoms with Crippen LogP contribution < -0.4 is 10.3 Å². The molecule has 0 radical (unpaired) electrons. The molecule has 144 valence electrons. The van der Waals surface area contributed by atoms with Gasteiger partial charge in [0, 0.05) is 22.9 Å². The van der Waals surface area contributed by atoms with Gasteiger partial charge in [0.1, 0.15) is 17.5 Å². The van der Waals surface area contributed by atoms with E-state index in [-0.39, 0.29) is 30.4 Å². The maximum absolute atomic E-state index is 13.2. The molecule has 0 aliphatic rings. The number of aliphatic hydroxyl groups excluding tert-OH is 1. The van der Waals surface area contributed by atoms with Crippen LogP contribution in [-0.2, 0) is 6.54 Å². The Bertz CT molecular complexity index is 1080. The number of rotatable bonds is 6. The molecular weight excluding hydrogens is 354 g/mol. The first-order valence-electron chi connectivity index (χ1n) is 8.99. The van der Waals surface area contributed by atoms with Crippen LogP contribution in [0.15, 0.2) is 53.3 Å². The number of benzene rings is 2. The predicted octanol–water partition coefficient (Wildman–Crippen LogP) is 2.47. The van der Waals surface area contributed by atoms with Crippen LogP contribution in [0.1, 0.15) is 5.69 Å². The van der Waals surface area contributed by atoms with E-state index in [1.807, 2.05) is 49.3 Å². The molecule has 2 aromatic carbocycles. The van der Waals surface area contributed by atoms with Gasteiger partial charge in [-0.3, -0.25) is 9.36 Å². The second kappa shape index (κ2) is 8.26. The Balaban J connectivity index is 2.41. The maximum Gasteiger partial charge on any atom is 0.259 e. The molecule has 6 heteroatoms. The van der Waals surface area contributed by atoms with Crippen molar-refractivity contribution in [2.24, 2.45) is 0 Å². The summed E-state index contributed by atoms with van der Waals surface area (Å²) in [5.41, 5.74) is 1.55. The van der Waals surface area contributed by atoms with Gasteiger partial charge in [-0.25, -0.2) is 0 Å². The van der Waals surface area contributed by atoms with Crippen LogP contribution in [0.3, 0.4) is 0 Å². The summed E-state index contributed by atoms with van der Waals surface area (Å²) in [5, 5.41) is 20.9. The number of aliphatic hydroxyl groups is 1. The molecule has 0 aliphatic carbocycles. The van der Waals surface area contributed by atoms with Crippen LogP contribution in [-0.4, -0.2) is 48.4 Å². The molecule has 0 amide bonds. The van der Waals surface area contributed by atoms with Crippen molar-refractivity contribution in [3.05, 3.63) is 64.6 Å². The maximum atomic E-state index is 13.2. The number of methoxy groups -OCH3 is 1. The van der Waals surface area contributed by atoms with Gasteiger partial charge in [0.25, 0.3) is 5.56 Å². The van der Waals surface area contributed by atoms with Crippen LogP contribution >= 0.6 is 0 Å². The average Bonchev–Trinajstić information content (AvgIpc) is 2.72. The van der Waals surface area contributed by atoms with Gasteiger partial charge in [-0.1, -0.05) is 30.3 Å². The minimum absolute atomic E-state index is 0.119. The van der Waals surface area contributed by atoms with E-state index in [1.54, 1.807) is 25.3 Å². The molecular formula is C22H23N3O3. The third-order valence-corrected chi connectivity index (χ3v) is 4.98. The highest BCUT2D eigenvalue weighted by atomic mass is 16.5. The molecule has 3 aromatic rings. The van der Waals surface area contributed by atoms with E-state index >= 15 is 0 Å². The number of fused-ring (bicyclic) bond motifs is 1. The van der Waals surface area contributed by atoms with Crippen molar-refractivity contribution < 1.29 is 9.84 Å². The monoisotopic (exact) mass is 377 g/mol. The Morgan fingerprint density at radius 1 is 1.18 bits per heavy atom. The zero-order valence-electron chi connectivity index (χ0n) is 16.2. The molecule has 0 fully saturated rings. The highest BCUT2D eigenvalue weighted by molar-refractivity contribution is 5.99. The molecule has 6 nitrogen and oxygen atoms in total. The number of aromatic nitrogens is 1. The molecule has 1 atom stereocenters. The van der Waals surface area contributed by atoms with Gasteiger partial charge in [-0.2, -0.15) is 5.26 Å². The summed E-state index contributed by atoms with van der Waals surface area (Å²) >= 11 is 0. The van der Waals surface area contributed by atoms with Gasteiger partial charge in [-0.15, -0.1) is 0 Å². The number of nitriles is 1. The fourth-order valence-corrected chi connectivity index (χ4v) is 3.34. The summed E-state index contributed by atoms with van der Waals surface area (Å²) in [6, 6.07) is 16.7. The smallest absolute Gasteiger partial charge is 0.259 e. The fraction of sp³-hybridized carbons (Fsp3) is 0.273. The average molecular weight is 377 g/mol. The SMILES string of the molecule is COc1ccc2c(=O)n(CC(CO)N(C)C)c(C#N)c(-c3ccccc3)c2c1. The van der Waals surface area contributed by atoms with Crippen LogP contribution in [0.5, 0.6) is 5.75 Å². The van der Waals surface area contributed by atoms with Gasteiger partial charge < -0.3 is 14.7 Å². The van der Waals surface area contributed by atoms with Gasteiger partial charge in [0.15, 0.2) is 0 Å². The third kappa shape index (κ3) is 3.50. The minimum atomic E-state index is -0.288. The van der Waals surface area contributed by atoms with Crippen LogP contribution in [0, 0.1) is 11.3 Å². The molecule has 0 spiro atoms. The Morgan fingerprint density at radius 2 is 1.89 bits per heavy atom. The number of likely N-dealkylation sites (N-methyl/N-ethyl adjacent to an activating group) is 1. The number of nitrogens with zero attached hydrogens (tertiary/aromatic N) is 3. The predicted molar refractivity (Wildman–Crippen MR) is 109 cm³/mol. The Labute approximate surface area is 163 Å². The lowest BCUT2D eigenvalue weighted by molar-refractivity contribution is 0.153. The van der Waals surface area contributed by atoms with E-state index < -0.39 is 0 Å². The highest BCUT2D eigenvalue weighted by Crippen LogP contribution is 2.32. The number of ether oxygens (including phenoxy) is 1. The quantitative estimate of drug-likeness (QED) is 0.714. The van der Waals surface area contributed by atoms with Crippen molar-refractivity contribution in [1.29, 1.82) is 5.26 Å². The molecule has 0 saturated heterocycles. The molecule has 1 unspecified atom stereocenters. The van der Waals surface area contributed by atoms with E-state index in [4.69, 9.17) is 4.74 Å². The van der Waals surface area contributed by atoms with Crippen molar-refractivity contribution in [3.63, 3.8) is 0 Å². The normalized spacial score (nSPS) is 12.1. The summed E-state index contributed by atoms with van der Waals surface area (Å²) in [4.78, 5) is 15.1. The molecule has 28 heavy (non-hydrogen) atoms. The zero-order chi connectivity index (χ0) is 20.3. The van der Waals surface area contributed by atoms with Crippen LogP contribution in [0.2, 0.25) is 0 Å². The Morgan fingerprint density at radius 3 is 2.46 bits per heavy atom. The van der Waals surface area contributed by atoms with E-state index in [0.717, 1.165) is 5.56 Å². The number of hydrogen-bond acceptors (Lipinski definition) is 5. The first-order valence-corrected chi connectivity index (χ1v) is 8.99. The molecule has 0 bridgehead atoms. The molecule has 0 saturated carbocycles. The van der Waals surface area contributed by atoms with Crippen LogP contribution in [0.4, 0.5) is 0 Å². The molecule has 1 N–H and O–H groups in total. The molecule has 1 aromatic heterocycles. The molecule has 3 rings (SSSR count). The van der Waals surface area contributed by atoms with E-state index in [0.29, 0.717) is 22.1 Å². The summed E-state index contributed by atoms with van der Waals surface area (Å²) in [7, 11) is 5.24. The fourth-order valence-electron chi connectivity index (χ4n) is 3.34. The van der Waals surface area contributed by atoms with Crippen molar-refractivity contribution in [3.8, 4) is 22.9 Å². The zero-order valence-corrected chi connectivity index (χ0v) is 16.2. The summed E-state index contributed by atoms with van der Waals surface area (Å²) in [5.74, 6) is 0.618. The second-order valence-corrected chi connectivity index (χ2v) is 6.83.